The molecule has 0 saturated carbocycles. The molecular weight excluding hydrogens is 314 g/mol. The van der Waals surface area contributed by atoms with E-state index in [1.165, 1.54) is 10.8 Å². The van der Waals surface area contributed by atoms with Gasteiger partial charge in [0.25, 0.3) is 10.0 Å². The van der Waals surface area contributed by atoms with Crippen LogP contribution in [0.3, 0.4) is 0 Å². The van der Waals surface area contributed by atoms with E-state index >= 15 is 0 Å². The van der Waals surface area contributed by atoms with Crippen molar-refractivity contribution in [3.63, 3.8) is 0 Å². The standard InChI is InChI=1S/C13H14ClN3O3S/c1-17-7-11(15-13(17)14)21(19,20)16-12-9-5-3-2-4-8(9)6-10(12)18/h2-5,7,10,12,16,18H,6H2,1H3/t10-,12+/m1/s1. The van der Waals surface area contributed by atoms with E-state index in [4.69, 9.17) is 11.6 Å². The first-order valence-corrected chi connectivity index (χ1v) is 8.21. The first kappa shape index (κ1) is 14.5. The molecule has 0 spiro atoms. The van der Waals surface area contributed by atoms with Crippen LogP contribution in [0.4, 0.5) is 0 Å². The van der Waals surface area contributed by atoms with Crippen molar-refractivity contribution in [1.29, 1.82) is 0 Å². The summed E-state index contributed by atoms with van der Waals surface area (Å²) in [5.41, 5.74) is 1.73. The predicted molar refractivity (Wildman–Crippen MR) is 77.4 cm³/mol. The zero-order valence-corrected chi connectivity index (χ0v) is 12.8. The monoisotopic (exact) mass is 327 g/mol. The van der Waals surface area contributed by atoms with Gasteiger partial charge in [0.15, 0.2) is 5.03 Å². The van der Waals surface area contributed by atoms with Gasteiger partial charge in [-0.05, 0) is 22.7 Å². The molecular formula is C13H14ClN3O3S. The molecule has 1 heterocycles. The highest BCUT2D eigenvalue weighted by Gasteiger charge is 2.35. The minimum Gasteiger partial charge on any atom is -0.391 e. The van der Waals surface area contributed by atoms with Crippen molar-refractivity contribution >= 4 is 21.6 Å². The number of rotatable bonds is 3. The minimum absolute atomic E-state index is 0.0859. The second-order valence-electron chi connectivity index (χ2n) is 5.03. The summed E-state index contributed by atoms with van der Waals surface area (Å²) in [5.74, 6) is 0. The van der Waals surface area contributed by atoms with Crippen molar-refractivity contribution in [3.8, 4) is 0 Å². The van der Waals surface area contributed by atoms with Crippen LogP contribution in [-0.2, 0) is 23.5 Å². The highest BCUT2D eigenvalue weighted by Crippen LogP contribution is 2.32. The number of aliphatic hydroxyl groups is 1. The molecule has 2 atom stereocenters. The van der Waals surface area contributed by atoms with Gasteiger partial charge in [0, 0.05) is 19.7 Å². The zero-order valence-electron chi connectivity index (χ0n) is 11.2. The third-order valence-electron chi connectivity index (χ3n) is 3.56. The number of benzene rings is 1. The molecule has 0 fully saturated rings. The average molecular weight is 328 g/mol. The topological polar surface area (TPSA) is 84.2 Å². The van der Waals surface area contributed by atoms with E-state index in [0.29, 0.717) is 6.42 Å². The fourth-order valence-electron chi connectivity index (χ4n) is 2.49. The molecule has 0 unspecified atom stereocenters. The quantitative estimate of drug-likeness (QED) is 0.881. The number of nitrogens with zero attached hydrogens (tertiary/aromatic N) is 2. The second kappa shape index (κ2) is 5.10. The number of imidazole rings is 1. The number of fused-ring (bicyclic) bond motifs is 1. The lowest BCUT2D eigenvalue weighted by Gasteiger charge is -2.17. The largest absolute Gasteiger partial charge is 0.391 e. The Bertz CT molecular complexity index is 768. The lowest BCUT2D eigenvalue weighted by Crippen LogP contribution is -2.34. The van der Waals surface area contributed by atoms with Gasteiger partial charge >= 0.3 is 0 Å². The summed E-state index contributed by atoms with van der Waals surface area (Å²) in [7, 11) is -2.24. The van der Waals surface area contributed by atoms with Crippen LogP contribution in [0.5, 0.6) is 0 Å². The molecule has 2 N–H and O–H groups in total. The van der Waals surface area contributed by atoms with Crippen LogP contribution in [-0.4, -0.2) is 29.2 Å². The van der Waals surface area contributed by atoms with E-state index in [-0.39, 0.29) is 10.3 Å². The summed E-state index contributed by atoms with van der Waals surface area (Å²) in [5, 5.41) is 10.0. The molecule has 1 aromatic heterocycles. The maximum absolute atomic E-state index is 12.4. The molecule has 2 aromatic rings. The van der Waals surface area contributed by atoms with Crippen LogP contribution in [0.2, 0.25) is 5.28 Å². The molecule has 0 amide bonds. The Morgan fingerprint density at radius 3 is 2.81 bits per heavy atom. The van der Waals surface area contributed by atoms with Crippen LogP contribution in [0.25, 0.3) is 0 Å². The van der Waals surface area contributed by atoms with Crippen LogP contribution in [0.15, 0.2) is 35.5 Å². The zero-order chi connectivity index (χ0) is 15.2. The first-order valence-electron chi connectivity index (χ1n) is 6.35. The van der Waals surface area contributed by atoms with Crippen molar-refractivity contribution in [3.05, 3.63) is 46.9 Å². The summed E-state index contributed by atoms with van der Waals surface area (Å²) in [6.07, 6.45) is 0.959. The summed E-state index contributed by atoms with van der Waals surface area (Å²) in [6.45, 7) is 0. The molecule has 0 saturated heterocycles. The number of nitrogens with one attached hydrogen (secondary N) is 1. The number of hydrogen-bond donors (Lipinski definition) is 2. The fraction of sp³-hybridized carbons (Fsp3) is 0.308. The van der Waals surface area contributed by atoms with Gasteiger partial charge < -0.3 is 9.67 Å². The Balaban J connectivity index is 1.93. The Labute approximate surface area is 127 Å². The minimum atomic E-state index is -3.85. The fourth-order valence-corrected chi connectivity index (χ4v) is 3.92. The van der Waals surface area contributed by atoms with Crippen LogP contribution in [0.1, 0.15) is 17.2 Å². The van der Waals surface area contributed by atoms with E-state index in [0.717, 1.165) is 11.1 Å². The molecule has 21 heavy (non-hydrogen) atoms. The second-order valence-corrected chi connectivity index (χ2v) is 7.03. The van der Waals surface area contributed by atoms with E-state index in [1.807, 2.05) is 24.3 Å². The molecule has 3 rings (SSSR count). The van der Waals surface area contributed by atoms with E-state index in [1.54, 1.807) is 7.05 Å². The summed E-state index contributed by atoms with van der Waals surface area (Å²) in [6, 6.07) is 6.69. The van der Waals surface area contributed by atoms with Crippen molar-refractivity contribution < 1.29 is 13.5 Å². The van der Waals surface area contributed by atoms with Crippen LogP contribution < -0.4 is 4.72 Å². The van der Waals surface area contributed by atoms with E-state index in [9.17, 15) is 13.5 Å². The third-order valence-corrected chi connectivity index (χ3v) is 5.22. The van der Waals surface area contributed by atoms with Crippen LogP contribution in [0, 0.1) is 0 Å². The number of hydrogen-bond acceptors (Lipinski definition) is 4. The number of aliphatic hydroxyl groups excluding tert-OH is 1. The van der Waals surface area contributed by atoms with Gasteiger partial charge in [-0.3, -0.25) is 0 Å². The predicted octanol–water partition coefficient (Wildman–Crippen LogP) is 1.01. The number of halogens is 1. The average Bonchev–Trinajstić information content (AvgIpc) is 2.92. The molecule has 1 aliphatic carbocycles. The molecule has 0 radical (unpaired) electrons. The van der Waals surface area contributed by atoms with Gasteiger partial charge in [0.1, 0.15) is 0 Å². The molecule has 8 heteroatoms. The molecule has 6 nitrogen and oxygen atoms in total. The van der Waals surface area contributed by atoms with Gasteiger partial charge in [-0.15, -0.1) is 0 Å². The Morgan fingerprint density at radius 1 is 1.43 bits per heavy atom. The molecule has 1 aromatic carbocycles. The lowest BCUT2D eigenvalue weighted by molar-refractivity contribution is 0.151. The van der Waals surface area contributed by atoms with Crippen molar-refractivity contribution in [2.75, 3.05) is 0 Å². The number of aryl methyl sites for hydroxylation is 1. The van der Waals surface area contributed by atoms with E-state index in [2.05, 4.69) is 9.71 Å². The Hall–Kier alpha value is -1.41. The van der Waals surface area contributed by atoms with Gasteiger partial charge in [0.2, 0.25) is 5.28 Å². The Kier molecular flexibility index (Phi) is 3.53. The van der Waals surface area contributed by atoms with Crippen molar-refractivity contribution in [2.24, 2.45) is 7.05 Å². The summed E-state index contributed by atoms with van der Waals surface area (Å²) in [4.78, 5) is 3.80. The number of sulfonamides is 1. The van der Waals surface area contributed by atoms with Crippen molar-refractivity contribution in [1.82, 2.24) is 14.3 Å². The highest BCUT2D eigenvalue weighted by molar-refractivity contribution is 7.89. The van der Waals surface area contributed by atoms with E-state index < -0.39 is 22.2 Å². The van der Waals surface area contributed by atoms with Crippen molar-refractivity contribution in [2.45, 2.75) is 23.6 Å². The maximum Gasteiger partial charge on any atom is 0.260 e. The van der Waals surface area contributed by atoms with Gasteiger partial charge in [-0.1, -0.05) is 24.3 Å². The lowest BCUT2D eigenvalue weighted by atomic mass is 10.1. The molecule has 112 valence electrons. The SMILES string of the molecule is Cn1cc(S(=O)(=O)N[C@H]2c3ccccc3C[C@H]2O)nc1Cl. The molecule has 0 bridgehead atoms. The maximum atomic E-state index is 12.4. The van der Waals surface area contributed by atoms with Gasteiger partial charge in [-0.2, -0.15) is 4.72 Å². The smallest absolute Gasteiger partial charge is 0.260 e. The number of aromatic nitrogens is 2. The Morgan fingerprint density at radius 2 is 2.14 bits per heavy atom. The first-order chi connectivity index (χ1) is 9.88. The summed E-state index contributed by atoms with van der Waals surface area (Å²) < 4.78 is 28.6. The molecule has 0 aliphatic heterocycles. The molecule has 1 aliphatic rings. The van der Waals surface area contributed by atoms with Gasteiger partial charge in [-0.25, -0.2) is 13.4 Å². The van der Waals surface area contributed by atoms with Crippen LogP contribution >= 0.6 is 11.6 Å². The summed E-state index contributed by atoms with van der Waals surface area (Å²) >= 11 is 5.77. The van der Waals surface area contributed by atoms with Gasteiger partial charge in [0.05, 0.1) is 12.1 Å². The third kappa shape index (κ3) is 2.57. The highest BCUT2D eigenvalue weighted by atomic mass is 35.5. The normalized spacial score (nSPS) is 21.5.